The van der Waals surface area contributed by atoms with Crippen molar-refractivity contribution in [3.8, 4) is 0 Å². The average Bonchev–Trinajstić information content (AvgIpc) is 2.70. The fourth-order valence-corrected chi connectivity index (χ4v) is 3.00. The topological polar surface area (TPSA) is 58.4 Å². The van der Waals surface area contributed by atoms with Gasteiger partial charge in [0.1, 0.15) is 5.82 Å². The Hall–Kier alpha value is -1.88. The van der Waals surface area contributed by atoms with Gasteiger partial charge in [0.15, 0.2) is 0 Å². The van der Waals surface area contributed by atoms with E-state index in [9.17, 15) is 4.79 Å². The second kappa shape index (κ2) is 4.90. The number of hydrogen-bond donors (Lipinski definition) is 1. The minimum Gasteiger partial charge on any atom is -0.481 e. The number of likely N-dealkylation sites (tertiary alicyclic amines) is 1. The summed E-state index contributed by atoms with van der Waals surface area (Å²) < 4.78 is 2.13. The molecule has 0 radical (unpaired) electrons. The van der Waals surface area contributed by atoms with Crippen molar-refractivity contribution in [2.24, 2.45) is 13.0 Å². The third kappa shape index (κ3) is 2.18. The van der Waals surface area contributed by atoms with Gasteiger partial charge in [0.2, 0.25) is 0 Å². The lowest BCUT2D eigenvalue weighted by Crippen LogP contribution is -2.48. The first-order valence-corrected chi connectivity index (χ1v) is 6.93. The molecule has 1 aromatic heterocycles. The number of aryl methyl sites for hydroxylation is 1. The lowest BCUT2D eigenvalue weighted by Gasteiger charge is -2.42. The molecule has 1 aliphatic heterocycles. The number of aromatic nitrogens is 2. The maximum Gasteiger partial charge on any atom is 0.303 e. The molecule has 0 saturated carbocycles. The number of benzene rings is 1. The van der Waals surface area contributed by atoms with Crippen LogP contribution in [0.4, 0.5) is 0 Å². The molecule has 1 aromatic carbocycles. The van der Waals surface area contributed by atoms with Gasteiger partial charge in [-0.25, -0.2) is 4.98 Å². The van der Waals surface area contributed by atoms with Crippen molar-refractivity contribution in [3.05, 3.63) is 30.1 Å². The molecule has 2 aromatic rings. The van der Waals surface area contributed by atoms with Crippen molar-refractivity contribution < 1.29 is 9.90 Å². The van der Waals surface area contributed by atoms with Crippen LogP contribution >= 0.6 is 0 Å². The number of carbonyl (C=O) groups is 1. The number of nitrogens with zero attached hydrogens (tertiary/aromatic N) is 3. The Morgan fingerprint density at radius 1 is 1.45 bits per heavy atom. The molecule has 1 fully saturated rings. The Morgan fingerprint density at radius 3 is 2.80 bits per heavy atom. The van der Waals surface area contributed by atoms with Crippen LogP contribution in [-0.4, -0.2) is 38.6 Å². The van der Waals surface area contributed by atoms with E-state index in [2.05, 4.69) is 22.5 Å². The Morgan fingerprint density at radius 2 is 2.15 bits per heavy atom. The average molecular weight is 273 g/mol. The molecule has 0 aliphatic carbocycles. The predicted molar refractivity (Wildman–Crippen MR) is 76.4 cm³/mol. The summed E-state index contributed by atoms with van der Waals surface area (Å²) in [5, 5.41) is 8.80. The Balaban J connectivity index is 1.75. The first kappa shape index (κ1) is 13.1. The second-order valence-electron chi connectivity index (χ2n) is 5.61. The van der Waals surface area contributed by atoms with Crippen molar-refractivity contribution in [2.45, 2.75) is 19.4 Å². The Labute approximate surface area is 117 Å². The lowest BCUT2D eigenvalue weighted by atomic mass is 9.94. The summed E-state index contributed by atoms with van der Waals surface area (Å²) in [6.45, 7) is 3.82. The number of imidazole rings is 1. The van der Waals surface area contributed by atoms with Crippen LogP contribution in [0.15, 0.2) is 24.3 Å². The molecule has 0 amide bonds. The van der Waals surface area contributed by atoms with Crippen LogP contribution in [-0.2, 0) is 11.8 Å². The maximum atomic E-state index is 10.7. The van der Waals surface area contributed by atoms with Gasteiger partial charge in [-0.15, -0.1) is 0 Å². The van der Waals surface area contributed by atoms with Gasteiger partial charge < -0.3 is 9.67 Å². The highest BCUT2D eigenvalue weighted by molar-refractivity contribution is 5.75. The highest BCUT2D eigenvalue weighted by atomic mass is 16.4. The smallest absolute Gasteiger partial charge is 0.303 e. The monoisotopic (exact) mass is 273 g/mol. The van der Waals surface area contributed by atoms with Crippen LogP contribution in [0.2, 0.25) is 0 Å². The summed E-state index contributed by atoms with van der Waals surface area (Å²) in [5.74, 6) is 0.620. The zero-order valence-electron chi connectivity index (χ0n) is 11.8. The number of fused-ring (bicyclic) bond motifs is 1. The first-order valence-electron chi connectivity index (χ1n) is 6.93. The van der Waals surface area contributed by atoms with Crippen LogP contribution in [0, 0.1) is 5.92 Å². The third-order valence-corrected chi connectivity index (χ3v) is 4.19. The molecule has 20 heavy (non-hydrogen) atoms. The van der Waals surface area contributed by atoms with Gasteiger partial charge in [0.25, 0.3) is 0 Å². The van der Waals surface area contributed by atoms with Crippen molar-refractivity contribution in [2.75, 3.05) is 13.1 Å². The summed E-state index contributed by atoms with van der Waals surface area (Å²) in [5.41, 5.74) is 2.15. The quantitative estimate of drug-likeness (QED) is 0.926. The Kier molecular flexibility index (Phi) is 3.22. The lowest BCUT2D eigenvalue weighted by molar-refractivity contribution is -0.139. The van der Waals surface area contributed by atoms with Gasteiger partial charge >= 0.3 is 5.97 Å². The fraction of sp³-hybridized carbons (Fsp3) is 0.467. The molecular formula is C15H19N3O2. The van der Waals surface area contributed by atoms with Crippen molar-refractivity contribution >= 4 is 17.0 Å². The number of aliphatic carboxylic acids is 1. The third-order valence-electron chi connectivity index (χ3n) is 4.19. The summed E-state index contributed by atoms with van der Waals surface area (Å²) in [4.78, 5) is 17.7. The van der Waals surface area contributed by atoms with Crippen molar-refractivity contribution in [1.29, 1.82) is 0 Å². The fourth-order valence-electron chi connectivity index (χ4n) is 3.00. The summed E-state index contributed by atoms with van der Waals surface area (Å²) in [7, 11) is 2.04. The maximum absolute atomic E-state index is 10.7. The van der Waals surface area contributed by atoms with E-state index in [-0.39, 0.29) is 18.4 Å². The SMILES string of the molecule is CC(c1nc2ccccc2n1C)N1CC(CC(=O)O)C1. The van der Waals surface area contributed by atoms with E-state index in [0.717, 1.165) is 29.9 Å². The first-order chi connectivity index (χ1) is 9.56. The molecule has 2 heterocycles. The highest BCUT2D eigenvalue weighted by Gasteiger charge is 2.33. The van der Waals surface area contributed by atoms with Gasteiger partial charge in [0, 0.05) is 20.1 Å². The molecule has 3 rings (SSSR count). The number of carboxylic acids is 1. The zero-order valence-corrected chi connectivity index (χ0v) is 11.8. The van der Waals surface area contributed by atoms with Crippen LogP contribution in [0.5, 0.6) is 0 Å². The number of rotatable bonds is 4. The molecule has 1 atom stereocenters. The molecule has 1 aliphatic rings. The second-order valence-corrected chi connectivity index (χ2v) is 5.61. The van der Waals surface area contributed by atoms with Gasteiger partial charge in [-0.1, -0.05) is 12.1 Å². The van der Waals surface area contributed by atoms with Crippen LogP contribution in [0.25, 0.3) is 11.0 Å². The van der Waals surface area contributed by atoms with E-state index in [1.165, 1.54) is 0 Å². The molecule has 1 saturated heterocycles. The van der Waals surface area contributed by atoms with Gasteiger partial charge in [-0.05, 0) is 25.0 Å². The van der Waals surface area contributed by atoms with E-state index < -0.39 is 5.97 Å². The van der Waals surface area contributed by atoms with E-state index in [1.54, 1.807) is 0 Å². The van der Waals surface area contributed by atoms with E-state index in [0.29, 0.717) is 0 Å². The number of hydrogen-bond acceptors (Lipinski definition) is 3. The number of carboxylic acid groups (broad SMARTS) is 1. The largest absolute Gasteiger partial charge is 0.481 e. The van der Waals surface area contributed by atoms with Crippen LogP contribution in [0.1, 0.15) is 25.2 Å². The highest BCUT2D eigenvalue weighted by Crippen LogP contribution is 2.30. The molecule has 1 N–H and O–H groups in total. The van der Waals surface area contributed by atoms with Crippen LogP contribution in [0.3, 0.4) is 0 Å². The molecule has 106 valence electrons. The van der Waals surface area contributed by atoms with E-state index >= 15 is 0 Å². The molecule has 5 nitrogen and oxygen atoms in total. The van der Waals surface area contributed by atoms with Crippen molar-refractivity contribution in [3.63, 3.8) is 0 Å². The Bertz CT molecular complexity index is 644. The van der Waals surface area contributed by atoms with Crippen LogP contribution < -0.4 is 0 Å². The zero-order chi connectivity index (χ0) is 14.3. The molecule has 5 heteroatoms. The van der Waals surface area contributed by atoms with Gasteiger partial charge in [-0.3, -0.25) is 9.69 Å². The predicted octanol–water partition coefficient (Wildman–Crippen LogP) is 2.04. The summed E-state index contributed by atoms with van der Waals surface area (Å²) in [6.07, 6.45) is 0.270. The van der Waals surface area contributed by atoms with Gasteiger partial charge in [-0.2, -0.15) is 0 Å². The van der Waals surface area contributed by atoms with E-state index in [1.807, 2.05) is 25.2 Å². The number of para-hydroxylation sites is 2. The molecule has 0 bridgehead atoms. The van der Waals surface area contributed by atoms with Gasteiger partial charge in [0.05, 0.1) is 23.5 Å². The summed E-state index contributed by atoms with van der Waals surface area (Å²) >= 11 is 0. The summed E-state index contributed by atoms with van der Waals surface area (Å²) in [6, 6.07) is 8.33. The molecule has 1 unspecified atom stereocenters. The standard InChI is InChI=1S/C15H19N3O2/c1-10(18-8-11(9-18)7-14(19)20)15-16-12-5-3-4-6-13(12)17(15)2/h3-6,10-11H,7-9H2,1-2H3,(H,19,20). The minimum atomic E-state index is -0.704. The minimum absolute atomic E-state index is 0.220. The van der Waals surface area contributed by atoms with E-state index in [4.69, 9.17) is 10.1 Å². The van der Waals surface area contributed by atoms with Crippen molar-refractivity contribution in [1.82, 2.24) is 14.5 Å². The normalized spacial score (nSPS) is 18.1. The molecule has 0 spiro atoms. The molecular weight excluding hydrogens is 254 g/mol.